The number of aromatic nitrogens is 4. The summed E-state index contributed by atoms with van der Waals surface area (Å²) in [6.45, 7) is 1.73. The van der Waals surface area contributed by atoms with Crippen molar-refractivity contribution in [3.8, 4) is 0 Å². The van der Waals surface area contributed by atoms with Gasteiger partial charge in [0.25, 0.3) is 0 Å². The zero-order chi connectivity index (χ0) is 22.7. The van der Waals surface area contributed by atoms with E-state index in [4.69, 9.17) is 0 Å². The van der Waals surface area contributed by atoms with Gasteiger partial charge in [0.05, 0.1) is 22.5 Å². The number of fused-ring (bicyclic) bond motifs is 1. The van der Waals surface area contributed by atoms with Crippen LogP contribution in [0.3, 0.4) is 0 Å². The molecule has 4 rings (SSSR count). The van der Waals surface area contributed by atoms with Gasteiger partial charge in [-0.2, -0.15) is 0 Å². The maximum absolute atomic E-state index is 12.4. The van der Waals surface area contributed by atoms with Gasteiger partial charge in [-0.05, 0) is 30.3 Å². The number of nitrogens with zero attached hydrogens (tertiary/aromatic N) is 4. The van der Waals surface area contributed by atoms with Gasteiger partial charge in [0.1, 0.15) is 0 Å². The number of thiazole rings is 1. The maximum atomic E-state index is 12.4. The first-order valence-electron chi connectivity index (χ1n) is 9.67. The number of carbonyl (C=O) groups excluding carboxylic acids is 2. The molecule has 0 radical (unpaired) electrons. The highest BCUT2D eigenvalue weighted by Gasteiger charge is 2.15. The van der Waals surface area contributed by atoms with Crippen molar-refractivity contribution in [1.29, 1.82) is 0 Å². The second-order valence-electron chi connectivity index (χ2n) is 6.98. The number of hydrogen-bond donors (Lipinski definition) is 2. The third kappa shape index (κ3) is 4.89. The fraction of sp³-hybridized carbons (Fsp3) is 0.190. The average Bonchev–Trinajstić information content (AvgIpc) is 3.26. The van der Waals surface area contributed by atoms with E-state index in [1.54, 1.807) is 33.4 Å². The van der Waals surface area contributed by atoms with Gasteiger partial charge in [-0.15, -0.1) is 10.2 Å². The number of thioether (sulfide) groups is 1. The fourth-order valence-electron chi connectivity index (χ4n) is 3.12. The Labute approximate surface area is 191 Å². The Morgan fingerprint density at radius 3 is 2.59 bits per heavy atom. The molecule has 164 valence electrons. The Hall–Kier alpha value is -3.44. The molecule has 2 aromatic carbocycles. The summed E-state index contributed by atoms with van der Waals surface area (Å²) in [5.74, 6) is 0.374. The molecule has 0 aliphatic rings. The number of benzene rings is 2. The number of carbonyl (C=O) groups is 2. The fourth-order valence-corrected chi connectivity index (χ4v) is 4.74. The molecule has 0 fully saturated rings. The van der Waals surface area contributed by atoms with Crippen LogP contribution in [0, 0.1) is 0 Å². The first-order valence-corrected chi connectivity index (χ1v) is 11.5. The first kappa shape index (κ1) is 21.8. The number of amides is 2. The van der Waals surface area contributed by atoms with Crippen molar-refractivity contribution >= 4 is 56.5 Å². The Kier molecular flexibility index (Phi) is 6.37. The molecule has 0 unspecified atom stereocenters. The van der Waals surface area contributed by atoms with Gasteiger partial charge in [-0.3, -0.25) is 19.0 Å². The molecule has 0 bridgehead atoms. The van der Waals surface area contributed by atoms with Crippen molar-refractivity contribution in [3.63, 3.8) is 0 Å². The molecule has 0 saturated carbocycles. The van der Waals surface area contributed by atoms with E-state index in [1.807, 2.05) is 31.3 Å². The molecular formula is C21H20N6O3S2. The van der Waals surface area contributed by atoms with Gasteiger partial charge in [-0.1, -0.05) is 41.3 Å². The molecule has 0 aliphatic heterocycles. The third-order valence-corrected chi connectivity index (χ3v) is 6.58. The van der Waals surface area contributed by atoms with E-state index in [2.05, 4.69) is 20.8 Å². The van der Waals surface area contributed by atoms with E-state index in [0.29, 0.717) is 28.9 Å². The van der Waals surface area contributed by atoms with Gasteiger partial charge >= 0.3 is 4.87 Å². The van der Waals surface area contributed by atoms with E-state index in [1.165, 1.54) is 30.0 Å². The molecular weight excluding hydrogens is 448 g/mol. The largest absolute Gasteiger partial charge is 0.326 e. The van der Waals surface area contributed by atoms with Gasteiger partial charge in [0, 0.05) is 25.3 Å². The molecule has 2 aromatic heterocycles. The molecule has 2 N–H and O–H groups in total. The second-order valence-corrected chi connectivity index (χ2v) is 8.91. The monoisotopic (exact) mass is 468 g/mol. The molecule has 0 saturated heterocycles. The summed E-state index contributed by atoms with van der Waals surface area (Å²) >= 11 is 2.45. The van der Waals surface area contributed by atoms with Crippen molar-refractivity contribution < 1.29 is 9.59 Å². The number of nitrogens with one attached hydrogen (secondary N) is 2. The highest BCUT2D eigenvalue weighted by Crippen LogP contribution is 2.20. The molecule has 0 aliphatic carbocycles. The average molecular weight is 469 g/mol. The second kappa shape index (κ2) is 9.37. The normalized spacial score (nSPS) is 10.9. The zero-order valence-electron chi connectivity index (χ0n) is 17.4. The van der Waals surface area contributed by atoms with Crippen molar-refractivity contribution in [2.75, 3.05) is 16.4 Å². The van der Waals surface area contributed by atoms with Crippen molar-refractivity contribution in [2.24, 2.45) is 7.05 Å². The summed E-state index contributed by atoms with van der Waals surface area (Å²) in [6, 6.07) is 14.6. The van der Waals surface area contributed by atoms with E-state index >= 15 is 0 Å². The van der Waals surface area contributed by atoms with E-state index in [-0.39, 0.29) is 22.4 Å². The highest BCUT2D eigenvalue weighted by molar-refractivity contribution is 7.99. The highest BCUT2D eigenvalue weighted by atomic mass is 32.2. The summed E-state index contributed by atoms with van der Waals surface area (Å²) < 4.78 is 4.38. The van der Waals surface area contributed by atoms with Crippen molar-refractivity contribution in [1.82, 2.24) is 19.3 Å². The predicted octanol–water partition coefficient (Wildman–Crippen LogP) is 2.93. The Morgan fingerprint density at radius 1 is 1.06 bits per heavy atom. The van der Waals surface area contributed by atoms with Crippen molar-refractivity contribution in [2.45, 2.75) is 18.6 Å². The van der Waals surface area contributed by atoms with Crippen LogP contribution in [0.25, 0.3) is 10.2 Å². The van der Waals surface area contributed by atoms with Crippen LogP contribution in [0.15, 0.2) is 58.5 Å². The number of rotatable bonds is 7. The van der Waals surface area contributed by atoms with E-state index < -0.39 is 0 Å². The minimum atomic E-state index is -0.209. The van der Waals surface area contributed by atoms with E-state index in [9.17, 15) is 14.4 Å². The predicted molar refractivity (Wildman–Crippen MR) is 126 cm³/mol. The lowest BCUT2D eigenvalue weighted by molar-refractivity contribution is -0.114. The lowest BCUT2D eigenvalue weighted by Crippen LogP contribution is -2.17. The Balaban J connectivity index is 1.40. The van der Waals surface area contributed by atoms with Crippen LogP contribution in [0.5, 0.6) is 0 Å². The summed E-state index contributed by atoms with van der Waals surface area (Å²) in [5.41, 5.74) is 2.06. The van der Waals surface area contributed by atoms with Crippen LogP contribution in [0.1, 0.15) is 12.7 Å². The van der Waals surface area contributed by atoms with Crippen LogP contribution >= 0.6 is 23.1 Å². The molecule has 4 aromatic rings. The smallest absolute Gasteiger partial charge is 0.308 e. The first-order chi connectivity index (χ1) is 15.4. The summed E-state index contributed by atoms with van der Waals surface area (Å²) in [5, 5.41) is 14.4. The minimum absolute atomic E-state index is 0.0516. The van der Waals surface area contributed by atoms with Crippen LogP contribution in [0.4, 0.5) is 11.4 Å². The van der Waals surface area contributed by atoms with Gasteiger partial charge in [0.2, 0.25) is 11.8 Å². The third-order valence-electron chi connectivity index (χ3n) is 4.60. The number of hydrogen-bond acceptors (Lipinski definition) is 7. The van der Waals surface area contributed by atoms with Crippen LogP contribution < -0.4 is 15.5 Å². The molecule has 9 nitrogen and oxygen atoms in total. The van der Waals surface area contributed by atoms with Gasteiger partial charge < -0.3 is 15.2 Å². The zero-order valence-corrected chi connectivity index (χ0v) is 19.0. The van der Waals surface area contributed by atoms with Crippen LogP contribution in [-0.2, 0) is 23.2 Å². The maximum Gasteiger partial charge on any atom is 0.308 e. The van der Waals surface area contributed by atoms with Gasteiger partial charge in [-0.25, -0.2) is 0 Å². The van der Waals surface area contributed by atoms with Crippen LogP contribution in [0.2, 0.25) is 0 Å². The van der Waals surface area contributed by atoms with Crippen LogP contribution in [-0.4, -0.2) is 36.9 Å². The summed E-state index contributed by atoms with van der Waals surface area (Å²) in [6.07, 6.45) is 0. The molecule has 32 heavy (non-hydrogen) atoms. The molecule has 2 heterocycles. The summed E-state index contributed by atoms with van der Waals surface area (Å²) in [7, 11) is 1.81. The van der Waals surface area contributed by atoms with Gasteiger partial charge in [0.15, 0.2) is 11.0 Å². The number of para-hydroxylation sites is 1. The minimum Gasteiger partial charge on any atom is -0.326 e. The standard InChI is InChI=1S/C21H20N6O3S2/c1-13(28)22-14-6-5-7-15(10-14)23-19(29)12-31-20-25-24-18(26(20)2)11-27-16-8-3-4-9-17(16)32-21(27)30/h3-10H,11-12H2,1-2H3,(H,22,28)(H,23,29). The Bertz CT molecular complexity index is 1360. The SMILES string of the molecule is CC(=O)Nc1cccc(NC(=O)CSc2nnc(Cn3c(=O)sc4ccccc43)n2C)c1. The molecule has 2 amide bonds. The van der Waals surface area contributed by atoms with Crippen molar-refractivity contribution in [3.05, 3.63) is 64.0 Å². The molecule has 0 spiro atoms. The summed E-state index contributed by atoms with van der Waals surface area (Å²) in [4.78, 5) is 35.9. The quantitative estimate of drug-likeness (QED) is 0.404. The molecule has 11 heteroatoms. The lowest BCUT2D eigenvalue weighted by atomic mass is 10.2. The lowest BCUT2D eigenvalue weighted by Gasteiger charge is -2.08. The topological polar surface area (TPSA) is 111 Å². The van der Waals surface area contributed by atoms with E-state index in [0.717, 1.165) is 10.2 Å². The number of anilines is 2. The Morgan fingerprint density at radius 2 is 1.81 bits per heavy atom. The molecule has 0 atom stereocenters.